The monoisotopic (exact) mass is 442 g/mol. The summed E-state index contributed by atoms with van der Waals surface area (Å²) in [6, 6.07) is 5.68. The highest BCUT2D eigenvalue weighted by Crippen LogP contribution is 2.38. The molecule has 1 amide bonds. The van der Waals surface area contributed by atoms with E-state index >= 15 is 0 Å². The molecule has 0 aliphatic carbocycles. The van der Waals surface area contributed by atoms with Crippen LogP contribution in [0.3, 0.4) is 0 Å². The molecule has 2 N–H and O–H groups in total. The zero-order valence-electron chi connectivity index (χ0n) is 17.0. The summed E-state index contributed by atoms with van der Waals surface area (Å²) < 4.78 is 43.6. The van der Waals surface area contributed by atoms with E-state index in [9.17, 15) is 13.2 Å². The smallest absolute Gasteiger partial charge is 0.250 e. The Labute approximate surface area is 175 Å². The number of methoxy groups -OCH3 is 3. The van der Waals surface area contributed by atoms with Crippen molar-refractivity contribution in [3.8, 4) is 17.2 Å². The molecule has 160 valence electrons. The molecule has 2 rings (SSSR count). The Hall–Kier alpha value is -2.30. The first-order valence-corrected chi connectivity index (χ1v) is 11.2. The molecule has 1 aromatic heterocycles. The summed E-state index contributed by atoms with van der Waals surface area (Å²) in [5.41, 5.74) is 0.719. The van der Waals surface area contributed by atoms with Crippen LogP contribution >= 0.6 is 11.3 Å². The lowest BCUT2D eigenvalue weighted by Gasteiger charge is -2.21. The molecule has 10 heteroatoms. The van der Waals surface area contributed by atoms with Gasteiger partial charge in [-0.3, -0.25) is 4.79 Å². The van der Waals surface area contributed by atoms with Gasteiger partial charge in [0.05, 0.1) is 21.3 Å². The Morgan fingerprint density at radius 2 is 1.72 bits per heavy atom. The fraction of sp³-hybridized carbons (Fsp3) is 0.421. The lowest BCUT2D eigenvalue weighted by molar-refractivity contribution is -0.123. The van der Waals surface area contributed by atoms with Gasteiger partial charge in [0.2, 0.25) is 11.7 Å². The first kappa shape index (κ1) is 23.0. The number of sulfonamides is 1. The van der Waals surface area contributed by atoms with Crippen LogP contribution in [0.25, 0.3) is 0 Å². The number of carbonyl (C=O) groups excluding carboxylic acids is 1. The van der Waals surface area contributed by atoms with E-state index in [0.717, 1.165) is 16.9 Å². The molecule has 0 aliphatic rings. The molecule has 2 aromatic rings. The maximum Gasteiger partial charge on any atom is 0.250 e. The fourth-order valence-corrected chi connectivity index (χ4v) is 5.02. The van der Waals surface area contributed by atoms with Gasteiger partial charge in [0.1, 0.15) is 10.3 Å². The minimum atomic E-state index is -3.77. The summed E-state index contributed by atoms with van der Waals surface area (Å²) in [6.07, 6.45) is 0. The lowest BCUT2D eigenvalue weighted by atomic mass is 10.0. The van der Waals surface area contributed by atoms with Crippen molar-refractivity contribution in [2.45, 2.75) is 30.6 Å². The van der Waals surface area contributed by atoms with Crippen LogP contribution in [-0.2, 0) is 21.4 Å². The number of hydrogen-bond acceptors (Lipinski definition) is 7. The molecule has 1 heterocycles. The van der Waals surface area contributed by atoms with Gasteiger partial charge in [-0.2, -0.15) is 4.72 Å². The molecule has 0 bridgehead atoms. The summed E-state index contributed by atoms with van der Waals surface area (Å²) in [5, 5.41) is 4.44. The number of benzene rings is 1. The Bertz CT molecular complexity index is 901. The quantitative estimate of drug-likeness (QED) is 0.586. The van der Waals surface area contributed by atoms with Gasteiger partial charge in [-0.05, 0) is 35.1 Å². The maximum atomic E-state index is 12.7. The number of amides is 1. The van der Waals surface area contributed by atoms with E-state index in [2.05, 4.69) is 10.0 Å². The van der Waals surface area contributed by atoms with Crippen molar-refractivity contribution in [1.82, 2.24) is 10.0 Å². The Balaban J connectivity index is 2.15. The number of hydrogen-bond donors (Lipinski definition) is 2. The van der Waals surface area contributed by atoms with E-state index in [-0.39, 0.29) is 16.7 Å². The highest BCUT2D eigenvalue weighted by atomic mass is 32.2. The van der Waals surface area contributed by atoms with Crippen molar-refractivity contribution in [1.29, 1.82) is 0 Å². The highest BCUT2D eigenvalue weighted by Gasteiger charge is 2.28. The van der Waals surface area contributed by atoms with Crippen molar-refractivity contribution in [2.75, 3.05) is 21.3 Å². The minimum Gasteiger partial charge on any atom is -0.493 e. The van der Waals surface area contributed by atoms with E-state index < -0.39 is 22.0 Å². The SMILES string of the molecule is COc1cc(CNC(=O)[C@H](NS(=O)(=O)c2cccs2)C(C)C)cc(OC)c1OC. The molecule has 0 aliphatic heterocycles. The van der Waals surface area contributed by atoms with E-state index in [0.29, 0.717) is 17.2 Å². The van der Waals surface area contributed by atoms with Gasteiger partial charge in [0, 0.05) is 6.54 Å². The van der Waals surface area contributed by atoms with Gasteiger partial charge in [-0.15, -0.1) is 11.3 Å². The summed E-state index contributed by atoms with van der Waals surface area (Å²) in [6.45, 7) is 3.72. The molecule has 0 unspecified atom stereocenters. The largest absolute Gasteiger partial charge is 0.493 e. The van der Waals surface area contributed by atoms with Gasteiger partial charge in [0.15, 0.2) is 11.5 Å². The van der Waals surface area contributed by atoms with Crippen molar-refractivity contribution in [3.05, 3.63) is 35.2 Å². The van der Waals surface area contributed by atoms with Crippen LogP contribution in [0.15, 0.2) is 33.9 Å². The van der Waals surface area contributed by atoms with E-state index in [1.54, 1.807) is 37.4 Å². The van der Waals surface area contributed by atoms with Crippen molar-refractivity contribution < 1.29 is 27.4 Å². The number of rotatable bonds is 10. The zero-order chi connectivity index (χ0) is 21.6. The van der Waals surface area contributed by atoms with Gasteiger partial charge >= 0.3 is 0 Å². The average Bonchev–Trinajstić information content (AvgIpc) is 3.25. The molecule has 0 saturated heterocycles. The molecule has 29 heavy (non-hydrogen) atoms. The molecule has 0 fully saturated rings. The molecular weight excluding hydrogens is 416 g/mol. The molecular formula is C19H26N2O6S2. The predicted molar refractivity (Wildman–Crippen MR) is 111 cm³/mol. The second-order valence-corrected chi connectivity index (χ2v) is 9.41. The second-order valence-electron chi connectivity index (χ2n) is 6.53. The van der Waals surface area contributed by atoms with Crippen molar-refractivity contribution in [2.24, 2.45) is 5.92 Å². The van der Waals surface area contributed by atoms with Gasteiger partial charge in [0.25, 0.3) is 10.0 Å². The van der Waals surface area contributed by atoms with Crippen LogP contribution in [0.5, 0.6) is 17.2 Å². The van der Waals surface area contributed by atoms with Gasteiger partial charge < -0.3 is 19.5 Å². The van der Waals surface area contributed by atoms with Crippen LogP contribution in [0.4, 0.5) is 0 Å². The Kier molecular flexibility index (Phi) is 7.88. The van der Waals surface area contributed by atoms with Crippen LogP contribution < -0.4 is 24.2 Å². The minimum absolute atomic E-state index is 0.166. The van der Waals surface area contributed by atoms with Crippen molar-refractivity contribution >= 4 is 27.3 Å². The lowest BCUT2D eigenvalue weighted by Crippen LogP contribution is -2.49. The summed E-state index contributed by atoms with van der Waals surface area (Å²) in [4.78, 5) is 12.7. The third-order valence-electron chi connectivity index (χ3n) is 4.18. The zero-order valence-corrected chi connectivity index (χ0v) is 18.6. The van der Waals surface area contributed by atoms with Gasteiger partial charge in [-0.1, -0.05) is 19.9 Å². The Morgan fingerprint density at radius 3 is 2.17 bits per heavy atom. The van der Waals surface area contributed by atoms with Crippen LogP contribution in [-0.4, -0.2) is 41.7 Å². The van der Waals surface area contributed by atoms with Gasteiger partial charge in [-0.25, -0.2) is 8.42 Å². The molecule has 8 nitrogen and oxygen atoms in total. The standard InChI is InChI=1S/C19H26N2O6S2/c1-12(2)17(21-29(23,24)16-7-6-8-28-16)19(22)20-11-13-9-14(25-3)18(27-5)15(10-13)26-4/h6-10,12,17,21H,11H2,1-5H3,(H,20,22)/t17-/m1/s1. The van der Waals surface area contributed by atoms with E-state index in [4.69, 9.17) is 14.2 Å². The number of nitrogens with one attached hydrogen (secondary N) is 2. The molecule has 0 spiro atoms. The Morgan fingerprint density at radius 1 is 1.10 bits per heavy atom. The first-order valence-electron chi connectivity index (χ1n) is 8.86. The van der Waals surface area contributed by atoms with Crippen LogP contribution in [0, 0.1) is 5.92 Å². The van der Waals surface area contributed by atoms with Crippen LogP contribution in [0.2, 0.25) is 0 Å². The molecule has 1 atom stereocenters. The molecule has 0 radical (unpaired) electrons. The summed E-state index contributed by atoms with van der Waals surface area (Å²) >= 11 is 1.10. The number of carbonyl (C=O) groups is 1. The second kappa shape index (κ2) is 9.95. The third kappa shape index (κ3) is 5.62. The third-order valence-corrected chi connectivity index (χ3v) is 7.02. The summed E-state index contributed by atoms with van der Waals surface area (Å²) in [5.74, 6) is 0.720. The summed E-state index contributed by atoms with van der Waals surface area (Å²) in [7, 11) is 0.756. The van der Waals surface area contributed by atoms with Crippen molar-refractivity contribution in [3.63, 3.8) is 0 Å². The van der Waals surface area contributed by atoms with E-state index in [1.807, 2.05) is 0 Å². The predicted octanol–water partition coefficient (Wildman–Crippen LogP) is 2.39. The number of thiophene rings is 1. The average molecular weight is 443 g/mol. The fourth-order valence-electron chi connectivity index (χ4n) is 2.67. The highest BCUT2D eigenvalue weighted by molar-refractivity contribution is 7.91. The maximum absolute atomic E-state index is 12.7. The first-order chi connectivity index (χ1) is 13.7. The normalized spacial score (nSPS) is 12.5. The van der Waals surface area contributed by atoms with E-state index in [1.165, 1.54) is 27.4 Å². The number of ether oxygens (including phenoxy) is 3. The molecule has 0 saturated carbocycles. The molecule has 1 aromatic carbocycles. The topological polar surface area (TPSA) is 103 Å². The van der Waals surface area contributed by atoms with Crippen LogP contribution in [0.1, 0.15) is 19.4 Å².